The monoisotopic (exact) mass is 259 g/mol. The zero-order valence-corrected chi connectivity index (χ0v) is 10.4. The topological polar surface area (TPSA) is 68.5 Å². The van der Waals surface area contributed by atoms with Crippen LogP contribution in [-0.2, 0) is 11.3 Å². The molecule has 0 saturated carbocycles. The van der Waals surface area contributed by atoms with Gasteiger partial charge in [-0.1, -0.05) is 30.3 Å². The van der Waals surface area contributed by atoms with Crippen LogP contribution in [0.25, 0.3) is 0 Å². The molecule has 0 bridgehead atoms. The van der Waals surface area contributed by atoms with Gasteiger partial charge < -0.3 is 14.5 Å². The predicted molar refractivity (Wildman–Crippen MR) is 69.2 cm³/mol. The lowest BCUT2D eigenvalue weighted by molar-refractivity contribution is 0.0435. The maximum Gasteiger partial charge on any atom is 0.375 e. The Kier molecular flexibility index (Phi) is 3.97. The van der Waals surface area contributed by atoms with Crippen LogP contribution in [0, 0.1) is 0 Å². The summed E-state index contributed by atoms with van der Waals surface area (Å²) in [6.07, 6.45) is 0.559. The molecule has 0 aliphatic rings. The number of esters is 1. The molecule has 1 aromatic carbocycles. The lowest BCUT2D eigenvalue weighted by Gasteiger charge is -2.03. The minimum atomic E-state index is -0.660. The summed E-state index contributed by atoms with van der Waals surface area (Å²) in [7, 11) is 1.63. The van der Waals surface area contributed by atoms with Crippen molar-refractivity contribution in [3.8, 4) is 0 Å². The highest BCUT2D eigenvalue weighted by Gasteiger charge is 2.19. The summed E-state index contributed by atoms with van der Waals surface area (Å²) in [5.74, 6) is -0.406. The Balaban J connectivity index is 2.07. The lowest BCUT2D eigenvalue weighted by Crippen LogP contribution is -2.06. The number of aldehydes is 1. The number of hydrogen-bond donors (Lipinski definition) is 1. The van der Waals surface area contributed by atoms with Crippen molar-refractivity contribution < 1.29 is 18.7 Å². The first-order valence-electron chi connectivity index (χ1n) is 5.72. The molecule has 1 aromatic heterocycles. The lowest BCUT2D eigenvalue weighted by atomic mass is 10.2. The Morgan fingerprint density at radius 1 is 1.37 bits per heavy atom. The number of furan rings is 1. The van der Waals surface area contributed by atoms with Crippen LogP contribution < -0.4 is 5.32 Å². The number of hydrogen-bond acceptors (Lipinski definition) is 5. The van der Waals surface area contributed by atoms with Crippen LogP contribution >= 0.6 is 0 Å². The van der Waals surface area contributed by atoms with Crippen molar-refractivity contribution in [1.82, 2.24) is 0 Å². The third kappa shape index (κ3) is 3.01. The third-order valence-electron chi connectivity index (χ3n) is 2.53. The Labute approximate surface area is 110 Å². The fraction of sp³-hybridized carbons (Fsp3) is 0.143. The normalized spacial score (nSPS) is 9.95. The number of ether oxygens (including phenoxy) is 1. The van der Waals surface area contributed by atoms with Gasteiger partial charge in [0.05, 0.1) is 5.56 Å². The van der Waals surface area contributed by atoms with Crippen molar-refractivity contribution in [3.63, 3.8) is 0 Å². The van der Waals surface area contributed by atoms with Gasteiger partial charge in [0.2, 0.25) is 5.76 Å². The van der Waals surface area contributed by atoms with Crippen molar-refractivity contribution in [2.24, 2.45) is 0 Å². The van der Waals surface area contributed by atoms with Crippen LogP contribution in [0.4, 0.5) is 5.88 Å². The molecule has 0 fully saturated rings. The van der Waals surface area contributed by atoms with Crippen LogP contribution in [0.5, 0.6) is 0 Å². The smallest absolute Gasteiger partial charge is 0.375 e. The summed E-state index contributed by atoms with van der Waals surface area (Å²) < 4.78 is 10.3. The molecule has 0 aliphatic carbocycles. The van der Waals surface area contributed by atoms with Gasteiger partial charge in [-0.05, 0) is 5.56 Å². The Morgan fingerprint density at radius 2 is 2.11 bits per heavy atom. The van der Waals surface area contributed by atoms with Crippen molar-refractivity contribution in [1.29, 1.82) is 0 Å². The highest BCUT2D eigenvalue weighted by molar-refractivity contribution is 5.96. The summed E-state index contributed by atoms with van der Waals surface area (Å²) in [5, 5.41) is 2.72. The second-order valence-corrected chi connectivity index (χ2v) is 3.82. The molecule has 1 N–H and O–H groups in total. The second-order valence-electron chi connectivity index (χ2n) is 3.82. The predicted octanol–water partition coefficient (Wildman–Crippen LogP) is 2.49. The first kappa shape index (κ1) is 12.9. The largest absolute Gasteiger partial charge is 0.455 e. The summed E-state index contributed by atoms with van der Waals surface area (Å²) >= 11 is 0. The standard InChI is InChI=1S/C14H13NO4/c1-15-12-7-11(8-16)13(19-12)14(17)18-9-10-5-3-2-4-6-10/h2-8,15H,9H2,1H3. The van der Waals surface area contributed by atoms with E-state index in [0.717, 1.165) is 5.56 Å². The van der Waals surface area contributed by atoms with E-state index in [-0.39, 0.29) is 17.9 Å². The van der Waals surface area contributed by atoms with E-state index >= 15 is 0 Å². The van der Waals surface area contributed by atoms with E-state index in [9.17, 15) is 9.59 Å². The molecule has 5 heteroatoms. The van der Waals surface area contributed by atoms with Gasteiger partial charge in [-0.25, -0.2) is 4.79 Å². The van der Waals surface area contributed by atoms with E-state index in [1.807, 2.05) is 30.3 Å². The molecule has 0 spiro atoms. The SMILES string of the molecule is CNc1cc(C=O)c(C(=O)OCc2ccccc2)o1. The molecule has 0 unspecified atom stereocenters. The maximum absolute atomic E-state index is 11.8. The van der Waals surface area contributed by atoms with Crippen LogP contribution in [0.2, 0.25) is 0 Å². The molecule has 5 nitrogen and oxygen atoms in total. The summed E-state index contributed by atoms with van der Waals surface area (Å²) in [5.41, 5.74) is 1.03. The molecular weight excluding hydrogens is 246 g/mol. The minimum Gasteiger partial charge on any atom is -0.455 e. The fourth-order valence-electron chi connectivity index (χ4n) is 1.56. The zero-order valence-electron chi connectivity index (χ0n) is 10.4. The number of nitrogens with one attached hydrogen (secondary N) is 1. The number of carbonyl (C=O) groups is 2. The van der Waals surface area contributed by atoms with Crippen LogP contribution in [0.3, 0.4) is 0 Å². The Morgan fingerprint density at radius 3 is 2.74 bits per heavy atom. The molecule has 0 atom stereocenters. The van der Waals surface area contributed by atoms with Crippen LogP contribution in [0.1, 0.15) is 26.5 Å². The molecule has 98 valence electrons. The van der Waals surface area contributed by atoms with E-state index < -0.39 is 5.97 Å². The minimum absolute atomic E-state index is 0.0877. The fourth-order valence-corrected chi connectivity index (χ4v) is 1.56. The summed E-state index contributed by atoms with van der Waals surface area (Å²) in [4.78, 5) is 22.7. The average molecular weight is 259 g/mol. The summed E-state index contributed by atoms with van der Waals surface area (Å²) in [6.45, 7) is 0.132. The first-order valence-corrected chi connectivity index (χ1v) is 5.72. The van der Waals surface area contributed by atoms with Gasteiger partial charge in [0.1, 0.15) is 6.61 Å². The van der Waals surface area contributed by atoms with Crippen LogP contribution in [0.15, 0.2) is 40.8 Å². The van der Waals surface area contributed by atoms with Gasteiger partial charge in [0.15, 0.2) is 12.2 Å². The third-order valence-corrected chi connectivity index (χ3v) is 2.53. The van der Waals surface area contributed by atoms with Gasteiger partial charge in [-0.3, -0.25) is 4.79 Å². The molecular formula is C14H13NO4. The highest BCUT2D eigenvalue weighted by atomic mass is 16.5. The average Bonchev–Trinajstić information content (AvgIpc) is 2.89. The zero-order chi connectivity index (χ0) is 13.7. The van der Waals surface area contributed by atoms with E-state index in [1.54, 1.807) is 7.05 Å². The van der Waals surface area contributed by atoms with E-state index in [2.05, 4.69) is 5.32 Å². The van der Waals surface area contributed by atoms with Crippen LogP contribution in [-0.4, -0.2) is 19.3 Å². The number of rotatable bonds is 5. The molecule has 0 radical (unpaired) electrons. The molecule has 1 heterocycles. The van der Waals surface area contributed by atoms with E-state index in [1.165, 1.54) is 6.07 Å². The molecule has 0 amide bonds. The molecule has 2 aromatic rings. The van der Waals surface area contributed by atoms with Crippen molar-refractivity contribution >= 4 is 18.1 Å². The second kappa shape index (κ2) is 5.86. The quantitative estimate of drug-likeness (QED) is 0.660. The number of anilines is 1. The molecule has 0 saturated heterocycles. The van der Waals surface area contributed by atoms with E-state index in [4.69, 9.17) is 9.15 Å². The molecule has 2 rings (SSSR count). The van der Waals surface area contributed by atoms with Gasteiger partial charge in [0.25, 0.3) is 0 Å². The molecule has 0 aliphatic heterocycles. The van der Waals surface area contributed by atoms with E-state index in [0.29, 0.717) is 12.2 Å². The number of benzene rings is 1. The van der Waals surface area contributed by atoms with Crippen molar-refractivity contribution in [2.75, 3.05) is 12.4 Å². The molecule has 19 heavy (non-hydrogen) atoms. The Bertz CT molecular complexity index is 574. The number of carbonyl (C=O) groups excluding carboxylic acids is 2. The van der Waals surface area contributed by atoms with Gasteiger partial charge >= 0.3 is 5.97 Å². The maximum atomic E-state index is 11.8. The van der Waals surface area contributed by atoms with Gasteiger partial charge in [-0.2, -0.15) is 0 Å². The van der Waals surface area contributed by atoms with Crippen molar-refractivity contribution in [3.05, 3.63) is 53.3 Å². The van der Waals surface area contributed by atoms with Gasteiger partial charge in [-0.15, -0.1) is 0 Å². The Hall–Kier alpha value is -2.56. The van der Waals surface area contributed by atoms with Crippen molar-refractivity contribution in [2.45, 2.75) is 6.61 Å². The van der Waals surface area contributed by atoms with Gasteiger partial charge in [0, 0.05) is 13.1 Å². The highest BCUT2D eigenvalue weighted by Crippen LogP contribution is 2.19. The first-order chi connectivity index (χ1) is 9.24. The summed E-state index contributed by atoms with van der Waals surface area (Å²) in [6, 6.07) is 10.7.